The van der Waals surface area contributed by atoms with Crippen LogP contribution in [0.3, 0.4) is 0 Å². The second-order valence-electron chi connectivity index (χ2n) is 3.71. The van der Waals surface area contributed by atoms with E-state index in [1.54, 1.807) is 12.4 Å². The number of nitrogens with two attached hydrogens (primary N) is 1. The van der Waals surface area contributed by atoms with Gasteiger partial charge in [0.2, 0.25) is 0 Å². The summed E-state index contributed by atoms with van der Waals surface area (Å²) in [5.74, 6) is 0. The van der Waals surface area contributed by atoms with Gasteiger partial charge in [-0.25, -0.2) is 5.43 Å². The molecule has 14 heavy (non-hydrogen) atoms. The Morgan fingerprint density at radius 2 is 2.36 bits per heavy atom. The molecule has 0 fully saturated rings. The fraction of sp³-hybridized carbons (Fsp3) is 0.300. The molecule has 1 aliphatic rings. The highest BCUT2D eigenvalue weighted by Gasteiger charge is 2.29. The van der Waals surface area contributed by atoms with Gasteiger partial charge in [0.05, 0.1) is 11.9 Å². The first kappa shape index (κ1) is 9.18. The van der Waals surface area contributed by atoms with Gasteiger partial charge in [-0.2, -0.15) is 0 Å². The van der Waals surface area contributed by atoms with Gasteiger partial charge < -0.3 is 5.73 Å². The lowest BCUT2D eigenvalue weighted by molar-refractivity contribution is 0.465. The Balaban J connectivity index is 2.26. The van der Waals surface area contributed by atoms with E-state index in [0.717, 1.165) is 11.3 Å². The molecule has 74 valence electrons. The molecule has 2 rings (SSSR count). The molecule has 3 N–H and O–H groups in total. The largest absolute Gasteiger partial charge is 0.309 e. The van der Waals surface area contributed by atoms with Crippen LogP contribution >= 0.6 is 0 Å². The lowest BCUT2D eigenvalue weighted by Crippen LogP contribution is -2.52. The molecule has 1 aromatic heterocycles. The fourth-order valence-corrected chi connectivity index (χ4v) is 1.33. The predicted octanol–water partition coefficient (Wildman–Crippen LogP) is 0.985. The zero-order valence-corrected chi connectivity index (χ0v) is 8.36. The number of nitrogens with zero attached hydrogens (tertiary/aromatic N) is 2. The topological polar surface area (TPSA) is 54.2 Å². The van der Waals surface area contributed by atoms with E-state index in [2.05, 4.69) is 10.4 Å². The summed E-state index contributed by atoms with van der Waals surface area (Å²) >= 11 is 0. The molecule has 1 aliphatic heterocycles. The predicted molar refractivity (Wildman–Crippen MR) is 56.2 cm³/mol. The molecule has 0 saturated carbocycles. The molecule has 0 radical (unpaired) electrons. The minimum atomic E-state index is -0.462. The summed E-state index contributed by atoms with van der Waals surface area (Å²) in [6.45, 7) is 3.94. The van der Waals surface area contributed by atoms with E-state index >= 15 is 0 Å². The highest BCUT2D eigenvalue weighted by Crippen LogP contribution is 2.22. The van der Waals surface area contributed by atoms with Crippen LogP contribution in [0, 0.1) is 0 Å². The average molecular weight is 190 g/mol. The minimum Gasteiger partial charge on any atom is -0.309 e. The van der Waals surface area contributed by atoms with E-state index in [9.17, 15) is 0 Å². The van der Waals surface area contributed by atoms with Crippen molar-refractivity contribution < 1.29 is 0 Å². The van der Waals surface area contributed by atoms with E-state index in [4.69, 9.17) is 5.73 Å². The van der Waals surface area contributed by atoms with Crippen LogP contribution in [0.1, 0.15) is 13.8 Å². The van der Waals surface area contributed by atoms with Crippen molar-refractivity contribution in [3.8, 4) is 0 Å². The van der Waals surface area contributed by atoms with Crippen molar-refractivity contribution in [3.05, 3.63) is 36.3 Å². The van der Waals surface area contributed by atoms with Crippen molar-refractivity contribution in [2.24, 2.45) is 5.73 Å². The summed E-state index contributed by atoms with van der Waals surface area (Å²) < 4.78 is 0. The molecule has 2 heterocycles. The molecule has 1 unspecified atom stereocenters. The maximum Gasteiger partial charge on any atom is 0.105 e. The Morgan fingerprint density at radius 1 is 1.57 bits per heavy atom. The number of hydrogen-bond donors (Lipinski definition) is 2. The number of pyridine rings is 1. The van der Waals surface area contributed by atoms with Crippen LogP contribution < -0.4 is 16.2 Å². The first-order chi connectivity index (χ1) is 6.59. The van der Waals surface area contributed by atoms with Crippen molar-refractivity contribution in [3.63, 3.8) is 0 Å². The summed E-state index contributed by atoms with van der Waals surface area (Å²) in [7, 11) is 0. The van der Waals surface area contributed by atoms with Crippen LogP contribution in [0.4, 0.5) is 5.69 Å². The Morgan fingerprint density at radius 3 is 2.86 bits per heavy atom. The minimum absolute atomic E-state index is 0.462. The summed E-state index contributed by atoms with van der Waals surface area (Å²) in [6.07, 6.45) is 5.52. The molecule has 1 atom stereocenters. The van der Waals surface area contributed by atoms with Crippen LogP contribution in [0.2, 0.25) is 0 Å². The average Bonchev–Trinajstić information content (AvgIpc) is 2.43. The summed E-state index contributed by atoms with van der Waals surface area (Å²) in [6, 6.07) is 3.87. The molecule has 4 nitrogen and oxygen atoms in total. The Kier molecular flexibility index (Phi) is 2.02. The quantitative estimate of drug-likeness (QED) is 0.693. The van der Waals surface area contributed by atoms with E-state index in [1.807, 2.05) is 37.2 Å². The van der Waals surface area contributed by atoms with Crippen LogP contribution in [0.25, 0.3) is 0 Å². The van der Waals surface area contributed by atoms with Gasteiger partial charge in [-0.05, 0) is 31.6 Å². The molecule has 4 heteroatoms. The normalized spacial score (nSPS) is 26.5. The molecule has 0 aromatic carbocycles. The first-order valence-electron chi connectivity index (χ1n) is 4.54. The van der Waals surface area contributed by atoms with E-state index in [0.29, 0.717) is 0 Å². The van der Waals surface area contributed by atoms with Gasteiger partial charge in [-0.1, -0.05) is 0 Å². The van der Waals surface area contributed by atoms with Crippen LogP contribution in [-0.2, 0) is 0 Å². The number of nitrogens with one attached hydrogen (secondary N) is 1. The molecule has 0 spiro atoms. The number of anilines is 1. The maximum absolute atomic E-state index is 6.01. The van der Waals surface area contributed by atoms with Gasteiger partial charge in [0.15, 0.2) is 0 Å². The van der Waals surface area contributed by atoms with Gasteiger partial charge in [-0.3, -0.25) is 9.99 Å². The van der Waals surface area contributed by atoms with Gasteiger partial charge in [-0.15, -0.1) is 0 Å². The molecule has 0 saturated heterocycles. The zero-order valence-electron chi connectivity index (χ0n) is 8.36. The molecular formula is C10H14N4. The third-order valence-corrected chi connectivity index (χ3v) is 2.42. The third kappa shape index (κ3) is 1.49. The number of hydrogen-bond acceptors (Lipinski definition) is 4. The molecule has 1 aromatic rings. The maximum atomic E-state index is 6.01. The van der Waals surface area contributed by atoms with Gasteiger partial charge >= 0.3 is 0 Å². The second-order valence-corrected chi connectivity index (χ2v) is 3.71. The fourth-order valence-electron chi connectivity index (χ4n) is 1.33. The van der Waals surface area contributed by atoms with Crippen LogP contribution in [-0.4, -0.2) is 10.6 Å². The molecule has 0 bridgehead atoms. The van der Waals surface area contributed by atoms with Crippen molar-refractivity contribution in [1.82, 2.24) is 10.4 Å². The van der Waals surface area contributed by atoms with Crippen molar-refractivity contribution in [1.29, 1.82) is 0 Å². The number of hydrazine groups is 1. The zero-order chi connectivity index (χ0) is 10.2. The second kappa shape index (κ2) is 3.08. The highest BCUT2D eigenvalue weighted by atomic mass is 15.6. The Hall–Kier alpha value is -1.39. The Bertz CT molecular complexity index is 356. The monoisotopic (exact) mass is 190 g/mol. The highest BCUT2D eigenvalue weighted by molar-refractivity contribution is 5.49. The van der Waals surface area contributed by atoms with Crippen molar-refractivity contribution in [2.45, 2.75) is 19.5 Å². The summed E-state index contributed by atoms with van der Waals surface area (Å²) in [5.41, 5.74) is 10.8. The molecule has 0 aliphatic carbocycles. The smallest absolute Gasteiger partial charge is 0.105 e. The lowest BCUT2D eigenvalue weighted by atomic mass is 10.1. The summed E-state index contributed by atoms with van der Waals surface area (Å²) in [5, 5.41) is 1.89. The van der Waals surface area contributed by atoms with E-state index < -0.39 is 5.66 Å². The van der Waals surface area contributed by atoms with Crippen LogP contribution in [0.5, 0.6) is 0 Å². The van der Waals surface area contributed by atoms with Gasteiger partial charge in [0.1, 0.15) is 5.66 Å². The van der Waals surface area contributed by atoms with Crippen molar-refractivity contribution >= 4 is 5.69 Å². The number of rotatable bonds is 1. The van der Waals surface area contributed by atoms with Gasteiger partial charge in [0, 0.05) is 12.4 Å². The van der Waals surface area contributed by atoms with E-state index in [1.165, 1.54) is 0 Å². The Labute approximate surface area is 83.4 Å². The van der Waals surface area contributed by atoms with Crippen LogP contribution in [0.15, 0.2) is 36.3 Å². The number of aromatic nitrogens is 1. The lowest BCUT2D eigenvalue weighted by Gasteiger charge is -2.24. The molecule has 0 amide bonds. The van der Waals surface area contributed by atoms with E-state index in [-0.39, 0.29) is 0 Å². The molecular weight excluding hydrogens is 176 g/mol. The SMILES string of the molecule is CC1=CN(c2cccnc2)NC1(C)N. The summed E-state index contributed by atoms with van der Waals surface area (Å²) in [4.78, 5) is 4.05. The third-order valence-electron chi connectivity index (χ3n) is 2.42. The van der Waals surface area contributed by atoms with Gasteiger partial charge in [0.25, 0.3) is 0 Å². The standard InChI is InChI=1S/C10H14N4/c1-8-7-14(13-10(8,2)11)9-4-3-5-12-6-9/h3-7,13H,11H2,1-2H3. The van der Waals surface area contributed by atoms with Crippen molar-refractivity contribution in [2.75, 3.05) is 5.01 Å². The first-order valence-corrected chi connectivity index (χ1v) is 4.54.